The molecule has 80 valence electrons. The van der Waals surface area contributed by atoms with Gasteiger partial charge in [-0.2, -0.15) is 0 Å². The van der Waals surface area contributed by atoms with Crippen LogP contribution in [0.25, 0.3) is 0 Å². The molecular weight excluding hydrogens is 174 g/mol. The van der Waals surface area contributed by atoms with Crippen molar-refractivity contribution in [2.75, 3.05) is 0 Å². The molecule has 3 heteroatoms. The summed E-state index contributed by atoms with van der Waals surface area (Å²) in [5.74, 6) is 2.49. The smallest absolute Gasteiger partial charge is 0.133 e. The molecule has 0 spiro atoms. The molecule has 14 heavy (non-hydrogen) atoms. The van der Waals surface area contributed by atoms with Gasteiger partial charge in [0.25, 0.3) is 0 Å². The largest absolute Gasteiger partial charge is 0.317 e. The zero-order valence-corrected chi connectivity index (χ0v) is 9.70. The maximum absolute atomic E-state index is 4.17. The van der Waals surface area contributed by atoms with Crippen LogP contribution in [0.4, 0.5) is 0 Å². The van der Waals surface area contributed by atoms with E-state index in [1.165, 1.54) is 6.42 Å². The van der Waals surface area contributed by atoms with Gasteiger partial charge in [0.05, 0.1) is 0 Å². The average Bonchev–Trinajstić information content (AvgIpc) is 2.52. The molecular formula is C11H21N3. The molecule has 0 N–H and O–H groups in total. The van der Waals surface area contributed by atoms with Crippen LogP contribution in [0, 0.1) is 11.8 Å². The minimum atomic E-state index is 0.654. The number of hydrogen-bond donors (Lipinski definition) is 0. The average molecular weight is 195 g/mol. The lowest BCUT2D eigenvalue weighted by Crippen LogP contribution is -2.10. The van der Waals surface area contributed by atoms with E-state index in [4.69, 9.17) is 0 Å². The molecule has 1 atom stereocenters. The van der Waals surface area contributed by atoms with Crippen molar-refractivity contribution in [1.82, 2.24) is 14.8 Å². The van der Waals surface area contributed by atoms with E-state index in [0.717, 1.165) is 18.8 Å². The molecule has 3 nitrogen and oxygen atoms in total. The Hall–Kier alpha value is -0.860. The van der Waals surface area contributed by atoms with E-state index in [1.807, 2.05) is 6.33 Å². The summed E-state index contributed by atoms with van der Waals surface area (Å²) in [6.07, 6.45) is 4.09. The monoisotopic (exact) mass is 195 g/mol. The number of nitrogens with zero attached hydrogens (tertiary/aromatic N) is 3. The summed E-state index contributed by atoms with van der Waals surface area (Å²) >= 11 is 0. The summed E-state index contributed by atoms with van der Waals surface area (Å²) in [7, 11) is 0. The predicted octanol–water partition coefficient (Wildman–Crippen LogP) is 2.52. The first kappa shape index (κ1) is 11.2. The van der Waals surface area contributed by atoms with Gasteiger partial charge in [-0.3, -0.25) is 0 Å². The van der Waals surface area contributed by atoms with Gasteiger partial charge in [-0.1, -0.05) is 34.1 Å². The number of aromatic nitrogens is 3. The maximum atomic E-state index is 4.17. The first-order chi connectivity index (χ1) is 6.63. The highest BCUT2D eigenvalue weighted by molar-refractivity contribution is 4.87. The Morgan fingerprint density at radius 2 is 2.07 bits per heavy atom. The van der Waals surface area contributed by atoms with Crippen LogP contribution in [0.2, 0.25) is 0 Å². The Morgan fingerprint density at radius 1 is 1.36 bits per heavy atom. The minimum absolute atomic E-state index is 0.654. The Kier molecular flexibility index (Phi) is 4.11. The summed E-state index contributed by atoms with van der Waals surface area (Å²) in [5, 5.41) is 8.15. The van der Waals surface area contributed by atoms with E-state index in [0.29, 0.717) is 11.8 Å². The zero-order valence-electron chi connectivity index (χ0n) is 9.70. The van der Waals surface area contributed by atoms with Crippen LogP contribution < -0.4 is 0 Å². The standard InChI is InChI=1S/C11H21N3/c1-5-10(4)6-11-13-12-8-14(11)7-9(2)3/h8-10H,5-7H2,1-4H3. The van der Waals surface area contributed by atoms with Crippen LogP contribution in [-0.2, 0) is 13.0 Å². The van der Waals surface area contributed by atoms with Gasteiger partial charge in [0.15, 0.2) is 0 Å². The van der Waals surface area contributed by atoms with E-state index >= 15 is 0 Å². The summed E-state index contributed by atoms with van der Waals surface area (Å²) in [4.78, 5) is 0. The van der Waals surface area contributed by atoms with Crippen LogP contribution in [0.3, 0.4) is 0 Å². The molecule has 0 radical (unpaired) electrons. The predicted molar refractivity (Wildman–Crippen MR) is 58.0 cm³/mol. The van der Waals surface area contributed by atoms with Crippen LogP contribution in [0.5, 0.6) is 0 Å². The first-order valence-corrected chi connectivity index (χ1v) is 5.50. The second kappa shape index (κ2) is 5.13. The quantitative estimate of drug-likeness (QED) is 0.722. The highest BCUT2D eigenvalue weighted by atomic mass is 15.3. The molecule has 0 saturated heterocycles. The van der Waals surface area contributed by atoms with E-state index in [2.05, 4.69) is 42.5 Å². The number of rotatable bonds is 5. The molecule has 0 saturated carbocycles. The lowest BCUT2D eigenvalue weighted by Gasteiger charge is -2.11. The van der Waals surface area contributed by atoms with E-state index in [-0.39, 0.29) is 0 Å². The normalized spacial score (nSPS) is 13.5. The lowest BCUT2D eigenvalue weighted by atomic mass is 10.0. The topological polar surface area (TPSA) is 30.7 Å². The summed E-state index contributed by atoms with van der Waals surface area (Å²) in [5.41, 5.74) is 0. The fourth-order valence-corrected chi connectivity index (χ4v) is 1.44. The van der Waals surface area contributed by atoms with Gasteiger partial charge in [-0.05, 0) is 11.8 Å². The van der Waals surface area contributed by atoms with Crippen molar-refractivity contribution in [3.05, 3.63) is 12.2 Å². The molecule has 1 aromatic rings. The second-order valence-corrected chi connectivity index (χ2v) is 4.51. The summed E-state index contributed by atoms with van der Waals surface area (Å²) in [6, 6.07) is 0. The molecule has 0 aliphatic carbocycles. The van der Waals surface area contributed by atoms with Gasteiger partial charge in [0.2, 0.25) is 0 Å². The SMILES string of the molecule is CCC(C)Cc1nncn1CC(C)C. The highest BCUT2D eigenvalue weighted by Gasteiger charge is 2.08. The Balaban J connectivity index is 2.62. The second-order valence-electron chi connectivity index (χ2n) is 4.51. The summed E-state index contributed by atoms with van der Waals surface area (Å²) in [6.45, 7) is 9.93. The molecule has 0 aliphatic rings. The molecule has 0 bridgehead atoms. The Labute approximate surface area is 86.5 Å². The van der Waals surface area contributed by atoms with Gasteiger partial charge in [0, 0.05) is 13.0 Å². The van der Waals surface area contributed by atoms with Crippen LogP contribution in [-0.4, -0.2) is 14.8 Å². The zero-order chi connectivity index (χ0) is 10.6. The van der Waals surface area contributed by atoms with Crippen LogP contribution in [0.1, 0.15) is 39.9 Å². The van der Waals surface area contributed by atoms with Crippen molar-refractivity contribution < 1.29 is 0 Å². The summed E-state index contributed by atoms with van der Waals surface area (Å²) < 4.78 is 2.18. The Morgan fingerprint density at radius 3 is 2.64 bits per heavy atom. The fraction of sp³-hybridized carbons (Fsp3) is 0.818. The molecule has 0 aliphatic heterocycles. The maximum Gasteiger partial charge on any atom is 0.133 e. The lowest BCUT2D eigenvalue weighted by molar-refractivity contribution is 0.475. The van der Waals surface area contributed by atoms with Gasteiger partial charge < -0.3 is 4.57 Å². The van der Waals surface area contributed by atoms with Crippen molar-refractivity contribution in [2.24, 2.45) is 11.8 Å². The van der Waals surface area contributed by atoms with Gasteiger partial charge in [0.1, 0.15) is 12.2 Å². The molecule has 0 aromatic carbocycles. The van der Waals surface area contributed by atoms with Crippen molar-refractivity contribution in [1.29, 1.82) is 0 Å². The first-order valence-electron chi connectivity index (χ1n) is 5.50. The van der Waals surface area contributed by atoms with Crippen molar-refractivity contribution in [3.8, 4) is 0 Å². The molecule has 1 aromatic heterocycles. The van der Waals surface area contributed by atoms with Gasteiger partial charge in [-0.15, -0.1) is 10.2 Å². The fourth-order valence-electron chi connectivity index (χ4n) is 1.44. The third-order valence-corrected chi connectivity index (χ3v) is 2.49. The molecule has 1 unspecified atom stereocenters. The van der Waals surface area contributed by atoms with Gasteiger partial charge in [-0.25, -0.2) is 0 Å². The molecule has 1 rings (SSSR count). The highest BCUT2D eigenvalue weighted by Crippen LogP contribution is 2.10. The van der Waals surface area contributed by atoms with Crippen molar-refractivity contribution in [3.63, 3.8) is 0 Å². The van der Waals surface area contributed by atoms with Crippen molar-refractivity contribution >= 4 is 0 Å². The molecule has 0 fully saturated rings. The van der Waals surface area contributed by atoms with E-state index < -0.39 is 0 Å². The third kappa shape index (κ3) is 3.13. The van der Waals surface area contributed by atoms with Gasteiger partial charge >= 0.3 is 0 Å². The van der Waals surface area contributed by atoms with E-state index in [1.54, 1.807) is 0 Å². The number of hydrogen-bond acceptors (Lipinski definition) is 2. The molecule has 1 heterocycles. The third-order valence-electron chi connectivity index (χ3n) is 2.49. The van der Waals surface area contributed by atoms with E-state index in [9.17, 15) is 0 Å². The minimum Gasteiger partial charge on any atom is -0.317 e. The Bertz CT molecular complexity index is 265. The van der Waals surface area contributed by atoms with Crippen LogP contribution in [0.15, 0.2) is 6.33 Å². The van der Waals surface area contributed by atoms with Crippen LogP contribution >= 0.6 is 0 Å². The van der Waals surface area contributed by atoms with Crippen molar-refractivity contribution in [2.45, 2.75) is 47.1 Å². The molecule has 0 amide bonds.